The highest BCUT2D eigenvalue weighted by molar-refractivity contribution is 5.93. The molecule has 2 fully saturated rings. The van der Waals surface area contributed by atoms with Crippen molar-refractivity contribution >= 4 is 17.5 Å². The molecule has 0 bridgehead atoms. The molecule has 0 spiro atoms. The third-order valence-corrected chi connectivity index (χ3v) is 5.49. The molecule has 6 nitrogen and oxygen atoms in total. The van der Waals surface area contributed by atoms with Gasteiger partial charge in [0.15, 0.2) is 6.61 Å². The Balaban J connectivity index is 1.56. The number of carbonyl (C=O) groups is 2. The monoisotopic (exact) mass is 359 g/mol. The zero-order valence-corrected chi connectivity index (χ0v) is 15.5. The van der Waals surface area contributed by atoms with Gasteiger partial charge in [-0.3, -0.25) is 9.59 Å². The number of benzene rings is 1. The second-order valence-corrected chi connectivity index (χ2v) is 7.70. The van der Waals surface area contributed by atoms with Crippen LogP contribution in [0.15, 0.2) is 24.3 Å². The zero-order chi connectivity index (χ0) is 18.6. The van der Waals surface area contributed by atoms with Crippen molar-refractivity contribution in [3.8, 4) is 5.75 Å². The van der Waals surface area contributed by atoms with E-state index in [1.807, 2.05) is 24.0 Å². The lowest BCUT2D eigenvalue weighted by Crippen LogP contribution is -2.51. The maximum absolute atomic E-state index is 12.6. The van der Waals surface area contributed by atoms with E-state index in [1.54, 1.807) is 12.1 Å². The molecule has 6 heteroatoms. The van der Waals surface area contributed by atoms with Gasteiger partial charge in [-0.2, -0.15) is 0 Å². The van der Waals surface area contributed by atoms with E-state index in [2.05, 4.69) is 5.32 Å². The average Bonchev–Trinajstić information content (AvgIpc) is 3.14. The van der Waals surface area contributed by atoms with Gasteiger partial charge in [-0.1, -0.05) is 18.9 Å². The van der Waals surface area contributed by atoms with Crippen molar-refractivity contribution in [1.82, 2.24) is 4.90 Å². The highest BCUT2D eigenvalue weighted by atomic mass is 16.5. The second-order valence-electron chi connectivity index (χ2n) is 7.70. The third-order valence-electron chi connectivity index (χ3n) is 5.49. The molecule has 1 saturated carbocycles. The highest BCUT2D eigenvalue weighted by Gasteiger charge is 2.37. The van der Waals surface area contributed by atoms with Crippen LogP contribution in [-0.2, 0) is 9.59 Å². The fourth-order valence-corrected chi connectivity index (χ4v) is 3.88. The number of carbonyl (C=O) groups excluding carboxylic acids is 2. The van der Waals surface area contributed by atoms with Crippen molar-refractivity contribution in [2.45, 2.75) is 51.0 Å². The van der Waals surface area contributed by atoms with Crippen LogP contribution in [0.25, 0.3) is 0 Å². The maximum atomic E-state index is 12.6. The van der Waals surface area contributed by atoms with Gasteiger partial charge in [0.25, 0.3) is 5.91 Å². The van der Waals surface area contributed by atoms with Crippen LogP contribution in [0.5, 0.6) is 5.75 Å². The Morgan fingerprint density at radius 3 is 2.77 bits per heavy atom. The summed E-state index contributed by atoms with van der Waals surface area (Å²) in [5.41, 5.74) is 6.53. The largest absolute Gasteiger partial charge is 0.484 e. The van der Waals surface area contributed by atoms with Crippen LogP contribution in [0, 0.1) is 5.92 Å². The van der Waals surface area contributed by atoms with Crippen LogP contribution in [0.3, 0.4) is 0 Å². The van der Waals surface area contributed by atoms with E-state index in [0.717, 1.165) is 51.6 Å². The lowest BCUT2D eigenvalue weighted by atomic mass is 9.74. The first-order valence-electron chi connectivity index (χ1n) is 9.56. The Labute approximate surface area is 155 Å². The number of likely N-dealkylation sites (tertiary alicyclic amines) is 1. The summed E-state index contributed by atoms with van der Waals surface area (Å²) in [5, 5.41) is 2.96. The van der Waals surface area contributed by atoms with Gasteiger partial charge in [0, 0.05) is 30.4 Å². The predicted octanol–water partition coefficient (Wildman–Crippen LogP) is 2.53. The molecule has 1 aromatic carbocycles. The third kappa shape index (κ3) is 4.55. The molecule has 1 aliphatic heterocycles. The van der Waals surface area contributed by atoms with Gasteiger partial charge in [-0.05, 0) is 44.7 Å². The lowest BCUT2D eigenvalue weighted by Gasteiger charge is -2.37. The van der Waals surface area contributed by atoms with Crippen molar-refractivity contribution in [3.63, 3.8) is 0 Å². The summed E-state index contributed by atoms with van der Waals surface area (Å²) in [6.45, 7) is 3.62. The second kappa shape index (κ2) is 8.08. The van der Waals surface area contributed by atoms with E-state index in [4.69, 9.17) is 10.5 Å². The molecule has 26 heavy (non-hydrogen) atoms. The molecule has 3 rings (SSSR count). The normalized spacial score (nSPS) is 25.8. The van der Waals surface area contributed by atoms with Gasteiger partial charge in [-0.15, -0.1) is 0 Å². The Morgan fingerprint density at radius 1 is 1.27 bits per heavy atom. The van der Waals surface area contributed by atoms with Gasteiger partial charge >= 0.3 is 0 Å². The predicted molar refractivity (Wildman–Crippen MR) is 101 cm³/mol. The molecule has 2 atom stereocenters. The molecule has 1 aliphatic carbocycles. The first kappa shape index (κ1) is 18.7. The Bertz CT molecular complexity index is 653. The fraction of sp³-hybridized carbons (Fsp3) is 0.600. The molecule has 2 unspecified atom stereocenters. The van der Waals surface area contributed by atoms with E-state index in [0.29, 0.717) is 11.4 Å². The summed E-state index contributed by atoms with van der Waals surface area (Å²) in [4.78, 5) is 26.5. The SMILES string of the molecule is CC1(N)CCCCC1C(=O)Nc1cccc(OCC(=O)N2CCCC2)c1. The Hall–Kier alpha value is -2.08. The highest BCUT2D eigenvalue weighted by Crippen LogP contribution is 2.32. The number of nitrogens with zero attached hydrogens (tertiary/aromatic N) is 1. The molecule has 2 amide bonds. The van der Waals surface area contributed by atoms with Crippen molar-refractivity contribution in [2.75, 3.05) is 25.0 Å². The van der Waals surface area contributed by atoms with Crippen molar-refractivity contribution in [3.05, 3.63) is 24.3 Å². The standard InChI is InChI=1S/C20H29N3O3/c1-20(21)10-3-2-9-17(20)19(25)22-15-7-6-8-16(13-15)26-14-18(24)23-11-4-5-12-23/h6-8,13,17H,2-5,9-12,14,21H2,1H3,(H,22,25). The molecule has 142 valence electrons. The summed E-state index contributed by atoms with van der Waals surface area (Å²) < 4.78 is 5.62. The maximum Gasteiger partial charge on any atom is 0.260 e. The average molecular weight is 359 g/mol. The van der Waals surface area contributed by atoms with Crippen LogP contribution in [-0.4, -0.2) is 41.9 Å². The van der Waals surface area contributed by atoms with Crippen LogP contribution >= 0.6 is 0 Å². The molecule has 2 aliphatic rings. The molecule has 0 radical (unpaired) electrons. The summed E-state index contributed by atoms with van der Waals surface area (Å²) in [5.74, 6) is 0.366. The summed E-state index contributed by atoms with van der Waals surface area (Å²) in [6.07, 6.45) is 5.92. The van der Waals surface area contributed by atoms with Crippen LogP contribution in [0.2, 0.25) is 0 Å². The van der Waals surface area contributed by atoms with E-state index >= 15 is 0 Å². The summed E-state index contributed by atoms with van der Waals surface area (Å²) in [6, 6.07) is 7.18. The fourth-order valence-electron chi connectivity index (χ4n) is 3.88. The Morgan fingerprint density at radius 2 is 2.04 bits per heavy atom. The number of nitrogens with two attached hydrogens (primary N) is 1. The van der Waals surface area contributed by atoms with E-state index in [9.17, 15) is 9.59 Å². The summed E-state index contributed by atoms with van der Waals surface area (Å²) in [7, 11) is 0. The van der Waals surface area contributed by atoms with Crippen molar-refractivity contribution in [2.24, 2.45) is 11.7 Å². The van der Waals surface area contributed by atoms with Crippen molar-refractivity contribution < 1.29 is 14.3 Å². The number of anilines is 1. The van der Waals surface area contributed by atoms with Crippen LogP contribution < -0.4 is 15.8 Å². The van der Waals surface area contributed by atoms with Gasteiger partial charge in [0.05, 0.1) is 5.92 Å². The topological polar surface area (TPSA) is 84.7 Å². The van der Waals surface area contributed by atoms with Gasteiger partial charge in [-0.25, -0.2) is 0 Å². The molecular formula is C20H29N3O3. The molecule has 1 heterocycles. The first-order chi connectivity index (χ1) is 12.5. The van der Waals surface area contributed by atoms with Crippen LogP contribution in [0.1, 0.15) is 45.4 Å². The van der Waals surface area contributed by atoms with Crippen LogP contribution in [0.4, 0.5) is 5.69 Å². The minimum Gasteiger partial charge on any atom is -0.484 e. The molecule has 1 aromatic rings. The number of hydrogen-bond acceptors (Lipinski definition) is 4. The zero-order valence-electron chi connectivity index (χ0n) is 15.5. The minimum absolute atomic E-state index is 0.0121. The molecular weight excluding hydrogens is 330 g/mol. The first-order valence-corrected chi connectivity index (χ1v) is 9.56. The lowest BCUT2D eigenvalue weighted by molar-refractivity contribution is -0.132. The van der Waals surface area contributed by atoms with Gasteiger partial charge < -0.3 is 20.7 Å². The van der Waals surface area contributed by atoms with Gasteiger partial charge in [0.2, 0.25) is 5.91 Å². The number of nitrogens with one attached hydrogen (secondary N) is 1. The molecule has 1 saturated heterocycles. The van der Waals surface area contributed by atoms with E-state index in [-0.39, 0.29) is 24.3 Å². The number of ether oxygens (including phenoxy) is 1. The van der Waals surface area contributed by atoms with E-state index in [1.165, 1.54) is 0 Å². The number of amides is 2. The Kier molecular flexibility index (Phi) is 5.81. The number of hydrogen-bond donors (Lipinski definition) is 2. The van der Waals surface area contributed by atoms with E-state index < -0.39 is 5.54 Å². The summed E-state index contributed by atoms with van der Waals surface area (Å²) >= 11 is 0. The van der Waals surface area contributed by atoms with Gasteiger partial charge in [0.1, 0.15) is 5.75 Å². The van der Waals surface area contributed by atoms with Crippen molar-refractivity contribution in [1.29, 1.82) is 0 Å². The minimum atomic E-state index is -0.460. The quantitative estimate of drug-likeness (QED) is 0.846. The molecule has 3 N–H and O–H groups in total. The number of rotatable bonds is 5. The molecule has 0 aromatic heterocycles. The smallest absolute Gasteiger partial charge is 0.260 e.